The molecule has 82 valence electrons. The van der Waals surface area contributed by atoms with E-state index in [1.807, 2.05) is 0 Å². The Morgan fingerprint density at radius 3 is 2.33 bits per heavy atom. The molecule has 15 heavy (non-hydrogen) atoms. The first-order valence-electron chi connectivity index (χ1n) is 4.96. The Morgan fingerprint density at radius 2 is 1.87 bits per heavy atom. The van der Waals surface area contributed by atoms with Gasteiger partial charge in [-0.3, -0.25) is 19.7 Å². The zero-order chi connectivity index (χ0) is 11.0. The molecule has 0 unspecified atom stereocenters. The zero-order valence-electron chi connectivity index (χ0n) is 8.23. The van der Waals surface area contributed by atoms with Crippen LogP contribution in [0.15, 0.2) is 0 Å². The fourth-order valence-corrected chi connectivity index (χ4v) is 2.13. The third-order valence-electron chi connectivity index (χ3n) is 2.95. The van der Waals surface area contributed by atoms with Gasteiger partial charge in [0.05, 0.1) is 11.8 Å². The first kappa shape index (κ1) is 10.1. The molecular weight excluding hydrogens is 198 g/mol. The molecule has 0 radical (unpaired) electrons. The molecule has 6 nitrogen and oxygen atoms in total. The minimum atomic E-state index is -0.348. The minimum absolute atomic E-state index is 0.0764. The van der Waals surface area contributed by atoms with Crippen LogP contribution < -0.4 is 11.1 Å². The van der Waals surface area contributed by atoms with Gasteiger partial charge in [-0.2, -0.15) is 0 Å². The lowest BCUT2D eigenvalue weighted by Crippen LogP contribution is -2.35. The monoisotopic (exact) mass is 211 g/mol. The van der Waals surface area contributed by atoms with Crippen LogP contribution in [-0.4, -0.2) is 42.3 Å². The summed E-state index contributed by atoms with van der Waals surface area (Å²) in [5, 5.41) is 2.27. The summed E-state index contributed by atoms with van der Waals surface area (Å²) >= 11 is 0. The van der Waals surface area contributed by atoms with Crippen molar-refractivity contribution in [2.75, 3.05) is 19.6 Å². The lowest BCUT2D eigenvalue weighted by molar-refractivity contribution is -0.131. The van der Waals surface area contributed by atoms with Crippen molar-refractivity contribution in [1.29, 1.82) is 0 Å². The Labute approximate surface area is 86.8 Å². The molecular formula is C9H13N3O3. The molecule has 2 aliphatic heterocycles. The van der Waals surface area contributed by atoms with Crippen molar-refractivity contribution in [3.8, 4) is 0 Å². The van der Waals surface area contributed by atoms with Gasteiger partial charge in [0.1, 0.15) is 0 Å². The largest absolute Gasteiger partial charge is 0.341 e. The SMILES string of the molecule is NCCC(=O)N1C[C@H]2C(=O)NC(=O)[C@@H]2C1. The van der Waals surface area contributed by atoms with E-state index in [0.717, 1.165) is 0 Å². The summed E-state index contributed by atoms with van der Waals surface area (Å²) in [6.07, 6.45) is 0.273. The second kappa shape index (κ2) is 3.62. The molecule has 3 amide bonds. The van der Waals surface area contributed by atoms with E-state index in [-0.39, 0.29) is 36.0 Å². The van der Waals surface area contributed by atoms with Crippen molar-refractivity contribution in [1.82, 2.24) is 10.2 Å². The van der Waals surface area contributed by atoms with Crippen LogP contribution in [0.3, 0.4) is 0 Å². The van der Waals surface area contributed by atoms with Gasteiger partial charge >= 0.3 is 0 Å². The molecule has 0 aromatic carbocycles. The van der Waals surface area contributed by atoms with Crippen LogP contribution in [0.2, 0.25) is 0 Å². The van der Waals surface area contributed by atoms with Crippen molar-refractivity contribution >= 4 is 17.7 Å². The number of fused-ring (bicyclic) bond motifs is 1. The Morgan fingerprint density at radius 1 is 1.33 bits per heavy atom. The number of hydrogen-bond donors (Lipinski definition) is 2. The van der Waals surface area contributed by atoms with E-state index in [1.54, 1.807) is 4.90 Å². The van der Waals surface area contributed by atoms with Gasteiger partial charge in [-0.05, 0) is 0 Å². The van der Waals surface area contributed by atoms with E-state index in [9.17, 15) is 14.4 Å². The highest BCUT2D eigenvalue weighted by atomic mass is 16.2. The second-order valence-electron chi connectivity index (χ2n) is 3.90. The molecule has 0 spiro atoms. The number of imide groups is 1. The van der Waals surface area contributed by atoms with Crippen molar-refractivity contribution < 1.29 is 14.4 Å². The number of nitrogens with one attached hydrogen (secondary N) is 1. The molecule has 0 saturated carbocycles. The molecule has 6 heteroatoms. The molecule has 0 aromatic heterocycles. The quantitative estimate of drug-likeness (QED) is 0.520. The maximum absolute atomic E-state index is 11.5. The lowest BCUT2D eigenvalue weighted by atomic mass is 10.00. The molecule has 2 atom stereocenters. The third-order valence-corrected chi connectivity index (χ3v) is 2.95. The summed E-state index contributed by atoms with van der Waals surface area (Å²) in [5.74, 6) is -1.29. The van der Waals surface area contributed by atoms with Crippen molar-refractivity contribution in [2.24, 2.45) is 17.6 Å². The van der Waals surface area contributed by atoms with Gasteiger partial charge in [0.2, 0.25) is 17.7 Å². The van der Waals surface area contributed by atoms with E-state index in [1.165, 1.54) is 0 Å². The van der Waals surface area contributed by atoms with Gasteiger partial charge in [-0.1, -0.05) is 0 Å². The topological polar surface area (TPSA) is 92.5 Å². The summed E-state index contributed by atoms with van der Waals surface area (Å²) < 4.78 is 0. The predicted octanol–water partition coefficient (Wildman–Crippen LogP) is -1.93. The van der Waals surface area contributed by atoms with Crippen molar-refractivity contribution in [2.45, 2.75) is 6.42 Å². The van der Waals surface area contributed by atoms with Crippen LogP contribution in [0.4, 0.5) is 0 Å². The van der Waals surface area contributed by atoms with Crippen molar-refractivity contribution in [3.63, 3.8) is 0 Å². The Kier molecular flexibility index (Phi) is 2.44. The van der Waals surface area contributed by atoms with Crippen LogP contribution in [0.25, 0.3) is 0 Å². The van der Waals surface area contributed by atoms with Crippen LogP contribution in [0.5, 0.6) is 0 Å². The fraction of sp³-hybridized carbons (Fsp3) is 0.667. The molecule has 3 N–H and O–H groups in total. The highest BCUT2D eigenvalue weighted by molar-refractivity contribution is 6.06. The van der Waals surface area contributed by atoms with E-state index >= 15 is 0 Å². The predicted molar refractivity (Wildman–Crippen MR) is 50.4 cm³/mol. The lowest BCUT2D eigenvalue weighted by Gasteiger charge is -2.16. The average molecular weight is 211 g/mol. The van der Waals surface area contributed by atoms with Gasteiger partial charge in [0.15, 0.2) is 0 Å². The van der Waals surface area contributed by atoms with Gasteiger partial charge in [-0.25, -0.2) is 0 Å². The first-order chi connectivity index (χ1) is 7.13. The number of likely N-dealkylation sites (tertiary alicyclic amines) is 1. The zero-order valence-corrected chi connectivity index (χ0v) is 8.23. The maximum Gasteiger partial charge on any atom is 0.232 e. The molecule has 0 bridgehead atoms. The summed E-state index contributed by atoms with van der Waals surface area (Å²) in [6, 6.07) is 0. The molecule has 2 aliphatic rings. The molecule has 2 fully saturated rings. The number of carbonyl (C=O) groups excluding carboxylic acids is 3. The Balaban J connectivity index is 2.03. The number of hydrogen-bond acceptors (Lipinski definition) is 4. The van der Waals surface area contributed by atoms with Crippen LogP contribution in [-0.2, 0) is 14.4 Å². The number of carbonyl (C=O) groups is 3. The highest BCUT2D eigenvalue weighted by Crippen LogP contribution is 2.28. The van der Waals surface area contributed by atoms with E-state index in [2.05, 4.69) is 5.32 Å². The van der Waals surface area contributed by atoms with Gasteiger partial charge in [0.25, 0.3) is 0 Å². The summed E-state index contributed by atoms with van der Waals surface area (Å²) in [6.45, 7) is 0.993. The normalized spacial score (nSPS) is 29.3. The van der Waals surface area contributed by atoms with Gasteiger partial charge in [0, 0.05) is 26.1 Å². The van der Waals surface area contributed by atoms with Crippen molar-refractivity contribution in [3.05, 3.63) is 0 Å². The molecule has 0 aliphatic carbocycles. The second-order valence-corrected chi connectivity index (χ2v) is 3.90. The van der Waals surface area contributed by atoms with Gasteiger partial charge < -0.3 is 10.6 Å². The summed E-state index contributed by atoms with van der Waals surface area (Å²) in [7, 11) is 0. The molecule has 2 saturated heterocycles. The van der Waals surface area contributed by atoms with E-state index in [4.69, 9.17) is 5.73 Å². The number of nitrogens with zero attached hydrogens (tertiary/aromatic N) is 1. The molecule has 0 aromatic rings. The van der Waals surface area contributed by atoms with E-state index < -0.39 is 0 Å². The Hall–Kier alpha value is -1.43. The highest BCUT2D eigenvalue weighted by Gasteiger charge is 2.48. The Bertz CT molecular complexity index is 307. The standard InChI is InChI=1S/C9H13N3O3/c10-2-1-7(13)12-3-5-6(4-12)9(15)11-8(5)14/h5-6H,1-4,10H2,(H,11,14,15)/t5-,6-/m1/s1. The number of amides is 3. The summed E-state index contributed by atoms with van der Waals surface area (Å²) in [4.78, 5) is 35.6. The number of nitrogens with two attached hydrogens (primary N) is 1. The smallest absolute Gasteiger partial charge is 0.232 e. The van der Waals surface area contributed by atoms with Crippen LogP contribution in [0, 0.1) is 11.8 Å². The first-order valence-corrected chi connectivity index (χ1v) is 4.96. The third kappa shape index (κ3) is 1.61. The van der Waals surface area contributed by atoms with E-state index in [0.29, 0.717) is 19.6 Å². The fourth-order valence-electron chi connectivity index (χ4n) is 2.13. The maximum atomic E-state index is 11.5. The average Bonchev–Trinajstić information content (AvgIpc) is 2.70. The summed E-state index contributed by atoms with van der Waals surface area (Å²) in [5.41, 5.74) is 5.27. The molecule has 2 heterocycles. The minimum Gasteiger partial charge on any atom is -0.341 e. The number of rotatable bonds is 2. The van der Waals surface area contributed by atoms with Gasteiger partial charge in [-0.15, -0.1) is 0 Å². The van der Waals surface area contributed by atoms with Crippen LogP contribution >= 0.6 is 0 Å². The molecule has 2 rings (SSSR count). The van der Waals surface area contributed by atoms with Crippen LogP contribution in [0.1, 0.15) is 6.42 Å².